The summed E-state index contributed by atoms with van der Waals surface area (Å²) in [7, 11) is 3.21. The second-order valence-electron chi connectivity index (χ2n) is 6.25. The van der Waals surface area contributed by atoms with E-state index in [1.165, 1.54) is 6.08 Å². The summed E-state index contributed by atoms with van der Waals surface area (Å²) >= 11 is 0. The van der Waals surface area contributed by atoms with Gasteiger partial charge in [-0.1, -0.05) is 18.7 Å². The number of hydrogen-bond donors (Lipinski definition) is 2. The summed E-state index contributed by atoms with van der Waals surface area (Å²) in [5.74, 6) is 2.36. The lowest BCUT2D eigenvalue weighted by atomic mass is 10.2. The Bertz CT molecular complexity index is 997. The topological polar surface area (TPSA) is 81.7 Å². The van der Waals surface area contributed by atoms with E-state index in [1.807, 2.05) is 36.4 Å². The smallest absolute Gasteiger partial charge is 0.247 e. The lowest BCUT2D eigenvalue weighted by Crippen LogP contribution is -2.09. The van der Waals surface area contributed by atoms with Gasteiger partial charge in [0.05, 0.1) is 31.8 Å². The molecule has 0 aliphatic rings. The van der Waals surface area contributed by atoms with Crippen LogP contribution in [0, 0.1) is 0 Å². The van der Waals surface area contributed by atoms with E-state index in [9.17, 15) is 4.79 Å². The Hall–Kier alpha value is -4.00. The predicted molar refractivity (Wildman–Crippen MR) is 117 cm³/mol. The summed E-state index contributed by atoms with van der Waals surface area (Å²) in [5, 5.41) is 5.94. The minimum Gasteiger partial charge on any atom is -0.497 e. The van der Waals surface area contributed by atoms with Crippen LogP contribution in [0.5, 0.6) is 17.2 Å². The molecule has 0 aliphatic heterocycles. The van der Waals surface area contributed by atoms with Gasteiger partial charge in [0.2, 0.25) is 5.91 Å². The minimum atomic E-state index is -0.282. The first-order valence-corrected chi connectivity index (χ1v) is 9.21. The highest BCUT2D eigenvalue weighted by molar-refractivity contribution is 6.01. The third kappa shape index (κ3) is 5.51. The second kappa shape index (κ2) is 9.97. The molecule has 0 fully saturated rings. The predicted octanol–water partition coefficient (Wildman–Crippen LogP) is 4.55. The lowest BCUT2D eigenvalue weighted by molar-refractivity contribution is -0.111. The number of anilines is 3. The molecule has 154 valence electrons. The number of nitrogens with one attached hydrogen (secondary N) is 2. The number of methoxy groups -OCH3 is 2. The summed E-state index contributed by atoms with van der Waals surface area (Å²) < 4.78 is 16.4. The van der Waals surface area contributed by atoms with E-state index in [0.29, 0.717) is 35.4 Å². The van der Waals surface area contributed by atoms with Crippen molar-refractivity contribution in [3.63, 3.8) is 0 Å². The van der Waals surface area contributed by atoms with Gasteiger partial charge in [0.15, 0.2) is 0 Å². The molecule has 7 nitrogen and oxygen atoms in total. The van der Waals surface area contributed by atoms with Crippen LogP contribution in [0.1, 0.15) is 5.56 Å². The molecule has 7 heteroatoms. The Kier molecular flexibility index (Phi) is 6.89. The van der Waals surface area contributed by atoms with Crippen molar-refractivity contribution in [1.29, 1.82) is 0 Å². The molecule has 0 atom stereocenters. The van der Waals surface area contributed by atoms with Crippen molar-refractivity contribution in [3.8, 4) is 17.2 Å². The van der Waals surface area contributed by atoms with Crippen molar-refractivity contribution in [2.24, 2.45) is 0 Å². The van der Waals surface area contributed by atoms with Crippen LogP contribution in [0.3, 0.4) is 0 Å². The van der Waals surface area contributed by atoms with Crippen molar-refractivity contribution >= 4 is 23.1 Å². The molecular formula is C23H23N3O4. The van der Waals surface area contributed by atoms with Crippen LogP contribution >= 0.6 is 0 Å². The highest BCUT2D eigenvalue weighted by Crippen LogP contribution is 2.26. The van der Waals surface area contributed by atoms with Gasteiger partial charge in [-0.3, -0.25) is 4.79 Å². The third-order valence-corrected chi connectivity index (χ3v) is 4.19. The molecule has 0 radical (unpaired) electrons. The second-order valence-corrected chi connectivity index (χ2v) is 6.25. The van der Waals surface area contributed by atoms with Crippen LogP contribution in [-0.4, -0.2) is 25.1 Å². The number of aromatic nitrogens is 1. The zero-order valence-corrected chi connectivity index (χ0v) is 16.8. The first-order valence-electron chi connectivity index (χ1n) is 9.21. The number of ether oxygens (including phenoxy) is 3. The number of carbonyl (C=O) groups is 1. The largest absolute Gasteiger partial charge is 0.497 e. The first-order chi connectivity index (χ1) is 14.6. The molecule has 30 heavy (non-hydrogen) atoms. The number of hydrogen-bond acceptors (Lipinski definition) is 6. The van der Waals surface area contributed by atoms with Crippen molar-refractivity contribution in [2.75, 3.05) is 24.9 Å². The van der Waals surface area contributed by atoms with Crippen LogP contribution in [-0.2, 0) is 11.4 Å². The zero-order valence-electron chi connectivity index (χ0n) is 16.8. The third-order valence-electron chi connectivity index (χ3n) is 4.19. The van der Waals surface area contributed by atoms with Crippen molar-refractivity contribution in [2.45, 2.75) is 6.61 Å². The van der Waals surface area contributed by atoms with Crippen molar-refractivity contribution in [3.05, 3.63) is 79.0 Å². The van der Waals surface area contributed by atoms with Gasteiger partial charge < -0.3 is 24.8 Å². The number of amides is 1. The van der Waals surface area contributed by atoms with Gasteiger partial charge in [0.25, 0.3) is 0 Å². The van der Waals surface area contributed by atoms with Crippen LogP contribution in [0.15, 0.2) is 73.4 Å². The Labute approximate surface area is 175 Å². The van der Waals surface area contributed by atoms with Crippen LogP contribution in [0.2, 0.25) is 0 Å². The number of carbonyl (C=O) groups excluding carboxylic acids is 1. The van der Waals surface area contributed by atoms with Gasteiger partial charge in [-0.05, 0) is 48.0 Å². The number of para-hydroxylation sites is 2. The fourth-order valence-corrected chi connectivity index (χ4v) is 2.68. The van der Waals surface area contributed by atoms with Crippen LogP contribution in [0.4, 0.5) is 17.2 Å². The molecule has 0 unspecified atom stereocenters. The maximum absolute atomic E-state index is 11.6. The molecule has 2 aromatic carbocycles. The van der Waals surface area contributed by atoms with E-state index in [0.717, 1.165) is 11.3 Å². The number of rotatable bonds is 9. The number of nitrogens with zero attached hydrogens (tertiary/aromatic N) is 1. The SMILES string of the molecule is C=CC(=O)Nc1ccccc1Nc1ccc(OCc2cc(OC)cc(OC)c2)cn1. The van der Waals surface area contributed by atoms with Crippen molar-refractivity contribution in [1.82, 2.24) is 4.98 Å². The van der Waals surface area contributed by atoms with Crippen LogP contribution < -0.4 is 24.8 Å². The average Bonchev–Trinajstić information content (AvgIpc) is 2.79. The molecule has 3 rings (SSSR count). The standard InChI is InChI=1S/C23H23N3O4/c1-4-23(27)26-21-8-6-5-7-20(21)25-22-10-9-17(14-24-22)30-15-16-11-18(28-2)13-19(12-16)29-3/h4-14H,1,15H2,2-3H3,(H,24,25)(H,26,27). The van der Waals surface area contributed by atoms with Crippen molar-refractivity contribution < 1.29 is 19.0 Å². The summed E-state index contributed by atoms with van der Waals surface area (Å²) in [6.45, 7) is 3.81. The highest BCUT2D eigenvalue weighted by Gasteiger charge is 2.06. The lowest BCUT2D eigenvalue weighted by Gasteiger charge is -2.12. The van der Waals surface area contributed by atoms with Gasteiger partial charge in [-0.25, -0.2) is 4.98 Å². The van der Waals surface area contributed by atoms with Gasteiger partial charge >= 0.3 is 0 Å². The molecule has 3 aromatic rings. The zero-order chi connectivity index (χ0) is 21.3. The molecule has 0 spiro atoms. The van der Waals surface area contributed by atoms with E-state index < -0.39 is 0 Å². The van der Waals surface area contributed by atoms with E-state index in [-0.39, 0.29) is 5.91 Å². The average molecular weight is 405 g/mol. The first kappa shape index (κ1) is 20.7. The maximum atomic E-state index is 11.6. The summed E-state index contributed by atoms with van der Waals surface area (Å²) in [6, 6.07) is 16.5. The fourth-order valence-electron chi connectivity index (χ4n) is 2.68. The van der Waals surface area contributed by atoms with Gasteiger partial charge in [-0.15, -0.1) is 0 Å². The Morgan fingerprint density at radius 3 is 2.30 bits per heavy atom. The monoisotopic (exact) mass is 405 g/mol. The van der Waals surface area contributed by atoms with Gasteiger partial charge in [0.1, 0.15) is 29.7 Å². The Morgan fingerprint density at radius 1 is 1.00 bits per heavy atom. The normalized spacial score (nSPS) is 10.1. The minimum absolute atomic E-state index is 0.282. The van der Waals surface area contributed by atoms with E-state index >= 15 is 0 Å². The maximum Gasteiger partial charge on any atom is 0.247 e. The molecule has 0 bridgehead atoms. The fraction of sp³-hybridized carbons (Fsp3) is 0.130. The molecule has 1 heterocycles. The molecule has 0 saturated heterocycles. The highest BCUT2D eigenvalue weighted by atomic mass is 16.5. The van der Waals surface area contributed by atoms with Gasteiger partial charge in [0, 0.05) is 6.07 Å². The van der Waals surface area contributed by atoms with E-state index in [1.54, 1.807) is 38.6 Å². The van der Waals surface area contributed by atoms with Crippen LogP contribution in [0.25, 0.3) is 0 Å². The quantitative estimate of drug-likeness (QED) is 0.509. The molecular weight excluding hydrogens is 382 g/mol. The number of pyridine rings is 1. The Morgan fingerprint density at radius 2 is 1.70 bits per heavy atom. The molecule has 1 aromatic heterocycles. The summed E-state index contributed by atoms with van der Waals surface area (Å²) in [5.41, 5.74) is 2.27. The molecule has 0 aliphatic carbocycles. The molecule has 1 amide bonds. The van der Waals surface area contributed by atoms with E-state index in [2.05, 4.69) is 22.2 Å². The van der Waals surface area contributed by atoms with Gasteiger partial charge in [-0.2, -0.15) is 0 Å². The Balaban J connectivity index is 1.65. The number of benzene rings is 2. The van der Waals surface area contributed by atoms with E-state index in [4.69, 9.17) is 14.2 Å². The summed E-state index contributed by atoms with van der Waals surface area (Å²) in [4.78, 5) is 16.0. The summed E-state index contributed by atoms with van der Waals surface area (Å²) in [6.07, 6.45) is 2.85. The molecule has 0 saturated carbocycles. The molecule has 2 N–H and O–H groups in total.